The van der Waals surface area contributed by atoms with Gasteiger partial charge in [-0.05, 0) is 25.0 Å². The minimum Gasteiger partial charge on any atom is -0.491 e. The zero-order valence-electron chi connectivity index (χ0n) is 11.5. The molecule has 2 aliphatic rings. The predicted molar refractivity (Wildman–Crippen MR) is 73.2 cm³/mol. The first-order chi connectivity index (χ1) is 10.1. The number of hydrogen-bond donors (Lipinski definition) is 3. The fraction of sp³-hybridized carbons (Fsp3) is 0.500. The molecule has 0 spiro atoms. The SMILES string of the molecule is NC1(C(=O)NCC(O)COc2ccc3c(c2)OCO3)CC1. The first kappa shape index (κ1) is 14.0. The lowest BCUT2D eigenvalue weighted by Crippen LogP contribution is -2.46. The maximum atomic E-state index is 11.6. The second kappa shape index (κ2) is 5.42. The van der Waals surface area contributed by atoms with Gasteiger partial charge >= 0.3 is 0 Å². The standard InChI is InChI=1S/C14H18N2O5/c15-14(3-4-14)13(18)16-6-9(17)7-19-10-1-2-11-12(5-10)21-8-20-11/h1-2,5,9,17H,3-4,6-8,15H2,(H,16,18). The van der Waals surface area contributed by atoms with Crippen LogP contribution >= 0.6 is 0 Å². The Kier molecular flexibility index (Phi) is 3.60. The summed E-state index contributed by atoms with van der Waals surface area (Å²) in [6, 6.07) is 5.18. The Morgan fingerprint density at radius 3 is 2.95 bits per heavy atom. The van der Waals surface area contributed by atoms with Crippen LogP contribution in [0.1, 0.15) is 12.8 Å². The van der Waals surface area contributed by atoms with E-state index in [1.165, 1.54) is 0 Å². The Balaban J connectivity index is 1.43. The highest BCUT2D eigenvalue weighted by Gasteiger charge is 2.45. The number of carbonyl (C=O) groups excluding carboxylic acids is 1. The molecule has 1 saturated carbocycles. The van der Waals surface area contributed by atoms with E-state index in [9.17, 15) is 9.90 Å². The lowest BCUT2D eigenvalue weighted by Gasteiger charge is -2.15. The Hall–Kier alpha value is -1.99. The summed E-state index contributed by atoms with van der Waals surface area (Å²) < 4.78 is 15.9. The van der Waals surface area contributed by atoms with E-state index in [2.05, 4.69) is 5.32 Å². The van der Waals surface area contributed by atoms with Gasteiger partial charge < -0.3 is 30.4 Å². The Morgan fingerprint density at radius 2 is 2.19 bits per heavy atom. The van der Waals surface area contributed by atoms with Crippen molar-refractivity contribution in [3.05, 3.63) is 18.2 Å². The van der Waals surface area contributed by atoms with Crippen molar-refractivity contribution in [2.24, 2.45) is 5.73 Å². The van der Waals surface area contributed by atoms with Crippen LogP contribution in [0.4, 0.5) is 0 Å². The third kappa shape index (κ3) is 3.20. The van der Waals surface area contributed by atoms with E-state index < -0.39 is 11.6 Å². The van der Waals surface area contributed by atoms with Gasteiger partial charge in [0.1, 0.15) is 18.5 Å². The maximum absolute atomic E-state index is 11.6. The molecular formula is C14H18N2O5. The monoisotopic (exact) mass is 294 g/mol. The Bertz CT molecular complexity index is 544. The third-order valence-corrected chi connectivity index (χ3v) is 3.53. The van der Waals surface area contributed by atoms with Gasteiger partial charge in [0.15, 0.2) is 11.5 Å². The smallest absolute Gasteiger partial charge is 0.240 e. The molecule has 21 heavy (non-hydrogen) atoms. The third-order valence-electron chi connectivity index (χ3n) is 3.53. The molecule has 1 heterocycles. The number of carbonyl (C=O) groups is 1. The molecule has 114 valence electrons. The number of aliphatic hydroxyl groups excluding tert-OH is 1. The summed E-state index contributed by atoms with van der Waals surface area (Å²) in [5.41, 5.74) is 5.02. The Morgan fingerprint density at radius 1 is 1.43 bits per heavy atom. The maximum Gasteiger partial charge on any atom is 0.240 e. The molecule has 1 fully saturated rings. The van der Waals surface area contributed by atoms with E-state index in [0.717, 1.165) is 0 Å². The van der Waals surface area contributed by atoms with Gasteiger partial charge in [0, 0.05) is 12.6 Å². The van der Waals surface area contributed by atoms with Crippen molar-refractivity contribution in [3.63, 3.8) is 0 Å². The topological polar surface area (TPSA) is 103 Å². The largest absolute Gasteiger partial charge is 0.491 e. The molecule has 1 aliphatic heterocycles. The number of ether oxygens (including phenoxy) is 3. The molecule has 0 bridgehead atoms. The highest BCUT2D eigenvalue weighted by Crippen LogP contribution is 2.35. The minimum absolute atomic E-state index is 0.0670. The molecule has 1 aromatic rings. The highest BCUT2D eigenvalue weighted by atomic mass is 16.7. The van der Waals surface area contributed by atoms with Crippen LogP contribution in [0.15, 0.2) is 18.2 Å². The van der Waals surface area contributed by atoms with E-state index in [1.807, 2.05) is 0 Å². The number of aliphatic hydroxyl groups is 1. The van der Waals surface area contributed by atoms with Crippen LogP contribution in [0.25, 0.3) is 0 Å². The zero-order valence-corrected chi connectivity index (χ0v) is 11.5. The van der Waals surface area contributed by atoms with E-state index in [1.54, 1.807) is 18.2 Å². The minimum atomic E-state index is -0.804. The number of fused-ring (bicyclic) bond motifs is 1. The average molecular weight is 294 g/mol. The van der Waals surface area contributed by atoms with Crippen LogP contribution in [-0.2, 0) is 4.79 Å². The van der Waals surface area contributed by atoms with Crippen LogP contribution in [0.5, 0.6) is 17.2 Å². The van der Waals surface area contributed by atoms with Crippen molar-refractivity contribution in [3.8, 4) is 17.2 Å². The van der Waals surface area contributed by atoms with Crippen LogP contribution < -0.4 is 25.3 Å². The van der Waals surface area contributed by atoms with Gasteiger partial charge in [-0.1, -0.05) is 0 Å². The van der Waals surface area contributed by atoms with Crippen molar-refractivity contribution >= 4 is 5.91 Å². The van der Waals surface area contributed by atoms with E-state index >= 15 is 0 Å². The molecular weight excluding hydrogens is 276 g/mol. The molecule has 1 amide bonds. The van der Waals surface area contributed by atoms with Crippen molar-refractivity contribution in [1.29, 1.82) is 0 Å². The first-order valence-corrected chi connectivity index (χ1v) is 6.84. The lowest BCUT2D eigenvalue weighted by molar-refractivity contribution is -0.123. The summed E-state index contributed by atoms with van der Waals surface area (Å²) in [5.74, 6) is 1.65. The first-order valence-electron chi connectivity index (χ1n) is 6.84. The van der Waals surface area contributed by atoms with Crippen molar-refractivity contribution in [2.45, 2.75) is 24.5 Å². The van der Waals surface area contributed by atoms with Crippen molar-refractivity contribution < 1.29 is 24.1 Å². The van der Waals surface area contributed by atoms with Gasteiger partial charge in [-0.25, -0.2) is 0 Å². The summed E-state index contributed by atoms with van der Waals surface area (Å²) >= 11 is 0. The van der Waals surface area contributed by atoms with Crippen LogP contribution in [0, 0.1) is 0 Å². The second-order valence-corrected chi connectivity index (χ2v) is 5.35. The fourth-order valence-electron chi connectivity index (χ4n) is 1.97. The summed E-state index contributed by atoms with van der Waals surface area (Å²) in [6.45, 7) is 0.383. The quantitative estimate of drug-likeness (QED) is 0.669. The molecule has 0 radical (unpaired) electrons. The molecule has 4 N–H and O–H groups in total. The Labute approximate surface area is 122 Å². The normalized spacial score (nSPS) is 19.0. The van der Waals surface area contributed by atoms with Crippen molar-refractivity contribution in [1.82, 2.24) is 5.32 Å². The number of nitrogens with one attached hydrogen (secondary N) is 1. The average Bonchev–Trinajstić information content (AvgIpc) is 3.07. The van der Waals surface area contributed by atoms with Gasteiger partial charge in [0.2, 0.25) is 12.7 Å². The zero-order chi connectivity index (χ0) is 14.9. The van der Waals surface area contributed by atoms with Gasteiger partial charge in [-0.3, -0.25) is 4.79 Å². The predicted octanol–water partition coefficient (Wildman–Crippen LogP) is -0.238. The number of hydrogen-bond acceptors (Lipinski definition) is 6. The fourth-order valence-corrected chi connectivity index (χ4v) is 1.97. The summed E-state index contributed by atoms with van der Waals surface area (Å²) in [4.78, 5) is 11.6. The molecule has 1 aromatic carbocycles. The summed E-state index contributed by atoms with van der Waals surface area (Å²) in [5, 5.41) is 12.4. The molecule has 7 nitrogen and oxygen atoms in total. The molecule has 1 aliphatic carbocycles. The van der Waals surface area contributed by atoms with Gasteiger partial charge in [0.05, 0.1) is 5.54 Å². The van der Waals surface area contributed by atoms with Gasteiger partial charge in [-0.15, -0.1) is 0 Å². The second-order valence-electron chi connectivity index (χ2n) is 5.35. The van der Waals surface area contributed by atoms with Gasteiger partial charge in [0.25, 0.3) is 0 Å². The summed E-state index contributed by atoms with van der Waals surface area (Å²) in [7, 11) is 0. The molecule has 3 rings (SSSR count). The summed E-state index contributed by atoms with van der Waals surface area (Å²) in [6.07, 6.45) is 0.590. The molecule has 7 heteroatoms. The molecule has 1 atom stereocenters. The van der Waals surface area contributed by atoms with E-state index in [0.29, 0.717) is 30.1 Å². The molecule has 0 saturated heterocycles. The number of benzene rings is 1. The van der Waals surface area contributed by atoms with Gasteiger partial charge in [-0.2, -0.15) is 0 Å². The van der Waals surface area contributed by atoms with E-state index in [4.69, 9.17) is 19.9 Å². The molecule has 1 unspecified atom stereocenters. The number of nitrogens with two attached hydrogens (primary N) is 1. The van der Waals surface area contributed by atoms with E-state index in [-0.39, 0.29) is 25.9 Å². The van der Waals surface area contributed by atoms with Crippen molar-refractivity contribution in [2.75, 3.05) is 19.9 Å². The van der Waals surface area contributed by atoms with Crippen LogP contribution in [0.3, 0.4) is 0 Å². The van der Waals surface area contributed by atoms with Crippen LogP contribution in [0.2, 0.25) is 0 Å². The highest BCUT2D eigenvalue weighted by molar-refractivity contribution is 5.88. The number of rotatable bonds is 6. The molecule has 0 aromatic heterocycles. The lowest BCUT2D eigenvalue weighted by atomic mass is 10.2. The number of amides is 1. The van der Waals surface area contributed by atoms with Crippen LogP contribution in [-0.4, -0.2) is 42.6 Å².